The highest BCUT2D eigenvalue weighted by atomic mass is 32.2. The Kier molecular flexibility index (Phi) is 6.30. The topological polar surface area (TPSA) is 39.4 Å². The van der Waals surface area contributed by atoms with Crippen molar-refractivity contribution >= 4 is 18.0 Å². The summed E-state index contributed by atoms with van der Waals surface area (Å²) in [5, 5.41) is 10.1. The van der Waals surface area contributed by atoms with Gasteiger partial charge in [0, 0.05) is 17.5 Å². The van der Waals surface area contributed by atoms with E-state index in [-0.39, 0.29) is 0 Å². The van der Waals surface area contributed by atoms with E-state index in [1.807, 2.05) is 48.1 Å². The van der Waals surface area contributed by atoms with Crippen molar-refractivity contribution in [2.24, 2.45) is 12.2 Å². The van der Waals surface area contributed by atoms with Crippen LogP contribution in [0.25, 0.3) is 11.3 Å². The average molecular weight is 414 g/mol. The van der Waals surface area contributed by atoms with Gasteiger partial charge in [-0.05, 0) is 24.6 Å². The molecule has 0 amide bonds. The SMILES string of the molecule is Cc1ccc(CON=Cc2c(-c3ccccc3)nn(C)c2Sc2ccccc2)cc1. The summed E-state index contributed by atoms with van der Waals surface area (Å²) in [5.74, 6) is 0. The van der Waals surface area contributed by atoms with E-state index in [0.29, 0.717) is 6.61 Å². The van der Waals surface area contributed by atoms with Crippen LogP contribution in [0.2, 0.25) is 0 Å². The van der Waals surface area contributed by atoms with E-state index in [1.54, 1.807) is 18.0 Å². The van der Waals surface area contributed by atoms with Crippen molar-refractivity contribution in [1.29, 1.82) is 0 Å². The first-order chi connectivity index (χ1) is 14.7. The first-order valence-corrected chi connectivity index (χ1v) is 10.6. The van der Waals surface area contributed by atoms with E-state index < -0.39 is 0 Å². The molecule has 0 bridgehead atoms. The number of nitrogens with zero attached hydrogens (tertiary/aromatic N) is 3. The summed E-state index contributed by atoms with van der Waals surface area (Å²) in [5.41, 5.74) is 5.20. The van der Waals surface area contributed by atoms with Crippen LogP contribution >= 0.6 is 11.8 Å². The van der Waals surface area contributed by atoms with E-state index in [2.05, 4.69) is 60.6 Å². The number of aromatic nitrogens is 2. The fourth-order valence-corrected chi connectivity index (χ4v) is 4.01. The maximum atomic E-state index is 5.59. The predicted octanol–water partition coefficient (Wildman–Crippen LogP) is 6.10. The van der Waals surface area contributed by atoms with E-state index in [4.69, 9.17) is 9.94 Å². The summed E-state index contributed by atoms with van der Waals surface area (Å²) in [6.45, 7) is 2.50. The molecule has 4 aromatic rings. The van der Waals surface area contributed by atoms with Crippen LogP contribution in [-0.2, 0) is 18.5 Å². The first-order valence-electron chi connectivity index (χ1n) is 9.77. The summed E-state index contributed by atoms with van der Waals surface area (Å²) in [7, 11) is 1.96. The zero-order valence-corrected chi connectivity index (χ0v) is 17.8. The van der Waals surface area contributed by atoms with Crippen LogP contribution in [0.1, 0.15) is 16.7 Å². The molecule has 0 aliphatic rings. The van der Waals surface area contributed by atoms with Gasteiger partial charge in [0.15, 0.2) is 0 Å². The highest BCUT2D eigenvalue weighted by Gasteiger charge is 2.17. The predicted molar refractivity (Wildman–Crippen MR) is 123 cm³/mol. The molecular weight excluding hydrogens is 390 g/mol. The zero-order valence-electron chi connectivity index (χ0n) is 17.0. The lowest BCUT2D eigenvalue weighted by molar-refractivity contribution is 0.132. The molecular formula is C25H23N3OS. The maximum Gasteiger partial charge on any atom is 0.142 e. The smallest absolute Gasteiger partial charge is 0.142 e. The highest BCUT2D eigenvalue weighted by Crippen LogP contribution is 2.34. The number of oxime groups is 1. The summed E-state index contributed by atoms with van der Waals surface area (Å²) in [6, 6.07) is 28.7. The Morgan fingerprint density at radius 2 is 1.60 bits per heavy atom. The quantitative estimate of drug-likeness (QED) is 0.272. The van der Waals surface area contributed by atoms with Gasteiger partial charge in [0.25, 0.3) is 0 Å². The minimum atomic E-state index is 0.429. The molecule has 30 heavy (non-hydrogen) atoms. The Morgan fingerprint density at radius 3 is 2.30 bits per heavy atom. The fourth-order valence-electron chi connectivity index (χ4n) is 3.06. The summed E-state index contributed by atoms with van der Waals surface area (Å²) in [4.78, 5) is 6.74. The van der Waals surface area contributed by atoms with E-state index >= 15 is 0 Å². The molecule has 4 rings (SSSR count). The molecule has 0 aliphatic heterocycles. The molecule has 1 heterocycles. The fraction of sp³-hybridized carbons (Fsp3) is 0.120. The molecule has 5 heteroatoms. The van der Waals surface area contributed by atoms with E-state index in [9.17, 15) is 0 Å². The van der Waals surface area contributed by atoms with Crippen molar-refractivity contribution in [2.45, 2.75) is 23.5 Å². The number of benzene rings is 3. The van der Waals surface area contributed by atoms with Crippen LogP contribution < -0.4 is 0 Å². The Morgan fingerprint density at radius 1 is 0.933 bits per heavy atom. The molecule has 0 aliphatic carbocycles. The second-order valence-electron chi connectivity index (χ2n) is 6.97. The molecule has 3 aromatic carbocycles. The molecule has 1 aromatic heterocycles. The van der Waals surface area contributed by atoms with Crippen LogP contribution in [0, 0.1) is 6.92 Å². The van der Waals surface area contributed by atoms with Crippen molar-refractivity contribution in [3.05, 3.63) is 102 Å². The molecule has 0 spiro atoms. The van der Waals surface area contributed by atoms with Crippen molar-refractivity contribution in [3.8, 4) is 11.3 Å². The lowest BCUT2D eigenvalue weighted by Crippen LogP contribution is -1.94. The summed E-state index contributed by atoms with van der Waals surface area (Å²) >= 11 is 1.67. The summed E-state index contributed by atoms with van der Waals surface area (Å²) < 4.78 is 1.90. The lowest BCUT2D eigenvalue weighted by Gasteiger charge is -2.04. The van der Waals surface area contributed by atoms with Crippen LogP contribution in [0.4, 0.5) is 0 Å². The normalized spacial score (nSPS) is 11.1. The van der Waals surface area contributed by atoms with Gasteiger partial charge in [-0.25, -0.2) is 0 Å². The van der Waals surface area contributed by atoms with Crippen LogP contribution in [-0.4, -0.2) is 16.0 Å². The van der Waals surface area contributed by atoms with E-state index in [1.165, 1.54) is 5.56 Å². The van der Waals surface area contributed by atoms with Gasteiger partial charge in [0.05, 0.1) is 11.8 Å². The highest BCUT2D eigenvalue weighted by molar-refractivity contribution is 7.99. The number of hydrogen-bond donors (Lipinski definition) is 0. The van der Waals surface area contributed by atoms with Crippen LogP contribution in [0.5, 0.6) is 0 Å². The summed E-state index contributed by atoms with van der Waals surface area (Å²) in [6.07, 6.45) is 1.77. The zero-order chi connectivity index (χ0) is 20.8. The molecule has 0 saturated carbocycles. The molecule has 0 saturated heterocycles. The van der Waals surface area contributed by atoms with Gasteiger partial charge < -0.3 is 4.84 Å². The molecule has 0 N–H and O–H groups in total. The molecule has 0 unspecified atom stereocenters. The van der Waals surface area contributed by atoms with Gasteiger partial charge in [-0.1, -0.05) is 95.3 Å². The molecule has 0 radical (unpaired) electrons. The van der Waals surface area contributed by atoms with Gasteiger partial charge in [0.2, 0.25) is 0 Å². The monoisotopic (exact) mass is 413 g/mol. The largest absolute Gasteiger partial charge is 0.391 e. The Hall–Kier alpha value is -3.31. The Balaban J connectivity index is 1.62. The van der Waals surface area contributed by atoms with Crippen molar-refractivity contribution in [1.82, 2.24) is 9.78 Å². The average Bonchev–Trinajstić information content (AvgIpc) is 3.09. The standard InChI is InChI=1S/C25H23N3OS/c1-19-13-15-20(16-14-19)18-29-26-17-23-24(21-9-5-3-6-10-21)27-28(2)25(23)30-22-11-7-4-8-12-22/h3-17H,18H2,1-2H3. The third kappa shape index (κ3) is 4.81. The third-order valence-corrected chi connectivity index (χ3v) is 5.83. The Bertz CT molecular complexity index is 1120. The van der Waals surface area contributed by atoms with Gasteiger partial charge in [0.1, 0.15) is 17.3 Å². The number of rotatable bonds is 7. The minimum absolute atomic E-state index is 0.429. The molecule has 0 atom stereocenters. The second kappa shape index (κ2) is 9.46. The molecule has 0 fully saturated rings. The molecule has 4 nitrogen and oxygen atoms in total. The second-order valence-corrected chi connectivity index (χ2v) is 8.03. The van der Waals surface area contributed by atoms with Crippen LogP contribution in [0.15, 0.2) is 100 Å². The number of hydrogen-bond acceptors (Lipinski definition) is 4. The van der Waals surface area contributed by atoms with Gasteiger partial charge in [-0.3, -0.25) is 4.68 Å². The first kappa shape index (κ1) is 20.0. The Labute approximate surface area is 181 Å². The lowest BCUT2D eigenvalue weighted by atomic mass is 10.1. The number of aryl methyl sites for hydroxylation is 2. The van der Waals surface area contributed by atoms with Gasteiger partial charge in [-0.2, -0.15) is 5.10 Å². The molecule has 150 valence electrons. The van der Waals surface area contributed by atoms with E-state index in [0.717, 1.165) is 32.3 Å². The maximum absolute atomic E-state index is 5.59. The van der Waals surface area contributed by atoms with Crippen LogP contribution in [0.3, 0.4) is 0 Å². The van der Waals surface area contributed by atoms with Gasteiger partial charge >= 0.3 is 0 Å². The minimum Gasteiger partial charge on any atom is -0.391 e. The van der Waals surface area contributed by atoms with Crippen molar-refractivity contribution in [3.63, 3.8) is 0 Å². The van der Waals surface area contributed by atoms with Crippen molar-refractivity contribution < 1.29 is 4.84 Å². The van der Waals surface area contributed by atoms with Gasteiger partial charge in [-0.15, -0.1) is 0 Å². The van der Waals surface area contributed by atoms with Crippen molar-refractivity contribution in [2.75, 3.05) is 0 Å². The third-order valence-electron chi connectivity index (χ3n) is 4.64.